The Hall–Kier alpha value is -1.59. The lowest BCUT2D eigenvalue weighted by Gasteiger charge is -2.14. The predicted molar refractivity (Wildman–Crippen MR) is 83.2 cm³/mol. The first-order chi connectivity index (χ1) is 10.2. The highest BCUT2D eigenvalue weighted by molar-refractivity contribution is 6.31. The van der Waals surface area contributed by atoms with Gasteiger partial charge in [-0.25, -0.2) is 4.98 Å². The van der Waals surface area contributed by atoms with Gasteiger partial charge in [0.25, 0.3) is 0 Å². The van der Waals surface area contributed by atoms with Crippen molar-refractivity contribution in [3.63, 3.8) is 0 Å². The van der Waals surface area contributed by atoms with E-state index in [1.807, 2.05) is 23.1 Å². The van der Waals surface area contributed by atoms with Gasteiger partial charge in [0.05, 0.1) is 17.6 Å². The Morgan fingerprint density at radius 2 is 2.33 bits per heavy atom. The van der Waals surface area contributed by atoms with Crippen LogP contribution in [0.4, 0.5) is 0 Å². The summed E-state index contributed by atoms with van der Waals surface area (Å²) in [5, 5.41) is 4.06. The van der Waals surface area contributed by atoms with Crippen LogP contribution in [0.25, 0.3) is 11.0 Å². The van der Waals surface area contributed by atoms with Crippen LogP contribution in [0.15, 0.2) is 18.2 Å². The Bertz CT molecular complexity index is 640. The van der Waals surface area contributed by atoms with Gasteiger partial charge in [-0.05, 0) is 37.6 Å². The molecule has 6 heteroatoms. The van der Waals surface area contributed by atoms with Gasteiger partial charge in [0.15, 0.2) is 0 Å². The Morgan fingerprint density at radius 3 is 3.14 bits per heavy atom. The van der Waals surface area contributed by atoms with Gasteiger partial charge in [0, 0.05) is 24.5 Å². The van der Waals surface area contributed by atoms with Crippen molar-refractivity contribution in [2.75, 3.05) is 19.6 Å². The van der Waals surface area contributed by atoms with Crippen LogP contribution in [0.3, 0.4) is 0 Å². The van der Waals surface area contributed by atoms with E-state index in [1.165, 1.54) is 0 Å². The smallest absolute Gasteiger partial charge is 0.222 e. The van der Waals surface area contributed by atoms with Crippen molar-refractivity contribution >= 4 is 28.5 Å². The van der Waals surface area contributed by atoms with Gasteiger partial charge < -0.3 is 15.2 Å². The maximum atomic E-state index is 11.5. The Kier molecular flexibility index (Phi) is 4.41. The fraction of sp³-hybridized carbons (Fsp3) is 0.467. The van der Waals surface area contributed by atoms with E-state index in [0.29, 0.717) is 17.5 Å². The molecule has 0 atom stereocenters. The molecule has 5 nitrogen and oxygen atoms in total. The van der Waals surface area contributed by atoms with E-state index in [1.54, 1.807) is 0 Å². The molecule has 0 radical (unpaired) electrons. The van der Waals surface area contributed by atoms with E-state index < -0.39 is 0 Å². The summed E-state index contributed by atoms with van der Waals surface area (Å²) in [6.45, 7) is 3.34. The number of imidazole rings is 1. The number of halogens is 1. The normalized spacial score (nSPS) is 15.3. The number of nitrogens with one attached hydrogen (secondary N) is 2. The minimum absolute atomic E-state index is 0.296. The standard InChI is InChI=1S/C15H19ClN4O/c16-11-4-5-12-13(9-11)19-14(18-12)10-17-6-2-8-20-7-1-3-15(20)21/h4-5,9,17H,1-3,6-8,10H2,(H,18,19). The van der Waals surface area contributed by atoms with E-state index in [2.05, 4.69) is 15.3 Å². The molecule has 112 valence electrons. The highest BCUT2D eigenvalue weighted by Crippen LogP contribution is 2.17. The van der Waals surface area contributed by atoms with Crippen molar-refractivity contribution in [3.05, 3.63) is 29.0 Å². The molecular weight excluding hydrogens is 288 g/mol. The molecular formula is C15H19ClN4O. The minimum atomic E-state index is 0.296. The number of fused-ring (bicyclic) bond motifs is 1. The number of H-pyrrole nitrogens is 1. The molecule has 1 fully saturated rings. The topological polar surface area (TPSA) is 61.0 Å². The average Bonchev–Trinajstić information content (AvgIpc) is 3.04. The van der Waals surface area contributed by atoms with Gasteiger partial charge >= 0.3 is 0 Å². The third-order valence-electron chi connectivity index (χ3n) is 3.74. The molecule has 1 aliphatic heterocycles. The van der Waals surface area contributed by atoms with Gasteiger partial charge in [0.2, 0.25) is 5.91 Å². The molecule has 1 aromatic heterocycles. The third kappa shape index (κ3) is 3.54. The van der Waals surface area contributed by atoms with Crippen molar-refractivity contribution in [2.45, 2.75) is 25.8 Å². The third-order valence-corrected chi connectivity index (χ3v) is 3.97. The van der Waals surface area contributed by atoms with Gasteiger partial charge in [-0.15, -0.1) is 0 Å². The number of nitrogens with zero attached hydrogens (tertiary/aromatic N) is 2. The quantitative estimate of drug-likeness (QED) is 0.805. The molecule has 1 aliphatic rings. The zero-order valence-electron chi connectivity index (χ0n) is 11.9. The maximum absolute atomic E-state index is 11.5. The van der Waals surface area contributed by atoms with E-state index in [9.17, 15) is 4.79 Å². The zero-order chi connectivity index (χ0) is 14.7. The first-order valence-electron chi connectivity index (χ1n) is 7.35. The molecule has 3 rings (SSSR count). The van der Waals surface area contributed by atoms with Gasteiger partial charge in [0.1, 0.15) is 5.82 Å². The average molecular weight is 307 g/mol. The fourth-order valence-electron chi connectivity index (χ4n) is 2.66. The monoisotopic (exact) mass is 306 g/mol. The number of benzene rings is 1. The van der Waals surface area contributed by atoms with Crippen LogP contribution in [-0.2, 0) is 11.3 Å². The summed E-state index contributed by atoms with van der Waals surface area (Å²) in [5.41, 5.74) is 1.89. The number of carbonyl (C=O) groups excluding carboxylic acids is 1. The van der Waals surface area contributed by atoms with E-state index in [-0.39, 0.29) is 0 Å². The summed E-state index contributed by atoms with van der Waals surface area (Å²) < 4.78 is 0. The number of rotatable bonds is 6. The zero-order valence-corrected chi connectivity index (χ0v) is 12.6. The molecule has 1 aromatic carbocycles. The number of hydrogen-bond acceptors (Lipinski definition) is 3. The molecule has 2 N–H and O–H groups in total. The number of amides is 1. The predicted octanol–water partition coefficient (Wildman–Crippen LogP) is 2.32. The largest absolute Gasteiger partial charge is 0.343 e. The lowest BCUT2D eigenvalue weighted by molar-refractivity contribution is -0.127. The lowest BCUT2D eigenvalue weighted by atomic mass is 10.3. The van der Waals surface area contributed by atoms with Crippen LogP contribution in [0.1, 0.15) is 25.1 Å². The van der Waals surface area contributed by atoms with Crippen LogP contribution in [0.5, 0.6) is 0 Å². The Balaban J connectivity index is 1.43. The second-order valence-corrected chi connectivity index (χ2v) is 5.80. The molecule has 0 aliphatic carbocycles. The number of hydrogen-bond donors (Lipinski definition) is 2. The van der Waals surface area contributed by atoms with Gasteiger partial charge in [-0.2, -0.15) is 0 Å². The molecule has 0 saturated carbocycles. The molecule has 21 heavy (non-hydrogen) atoms. The lowest BCUT2D eigenvalue weighted by Crippen LogP contribution is -2.28. The summed E-state index contributed by atoms with van der Waals surface area (Å²) in [5.74, 6) is 1.20. The van der Waals surface area contributed by atoms with Crippen molar-refractivity contribution in [1.82, 2.24) is 20.2 Å². The van der Waals surface area contributed by atoms with E-state index in [4.69, 9.17) is 11.6 Å². The van der Waals surface area contributed by atoms with Crippen LogP contribution < -0.4 is 5.32 Å². The summed E-state index contributed by atoms with van der Waals surface area (Å²) in [6.07, 6.45) is 2.70. The van der Waals surface area contributed by atoms with Crippen molar-refractivity contribution in [1.29, 1.82) is 0 Å². The second kappa shape index (κ2) is 6.45. The molecule has 0 unspecified atom stereocenters. The molecule has 1 saturated heterocycles. The maximum Gasteiger partial charge on any atom is 0.222 e. The number of carbonyl (C=O) groups is 1. The van der Waals surface area contributed by atoms with E-state index in [0.717, 1.165) is 55.8 Å². The van der Waals surface area contributed by atoms with Gasteiger partial charge in [-0.3, -0.25) is 4.79 Å². The van der Waals surface area contributed by atoms with Gasteiger partial charge in [-0.1, -0.05) is 11.6 Å². The SMILES string of the molecule is O=C1CCCN1CCCNCc1nc2ccc(Cl)cc2[nH]1. The summed E-state index contributed by atoms with van der Waals surface area (Å²) in [6, 6.07) is 5.64. The van der Waals surface area contributed by atoms with Crippen molar-refractivity contribution < 1.29 is 4.79 Å². The number of aromatic nitrogens is 2. The van der Waals surface area contributed by atoms with Crippen LogP contribution in [-0.4, -0.2) is 40.4 Å². The first-order valence-corrected chi connectivity index (χ1v) is 7.73. The second-order valence-electron chi connectivity index (χ2n) is 5.36. The molecule has 1 amide bonds. The molecule has 2 aromatic rings. The Labute approximate surface area is 128 Å². The number of likely N-dealkylation sites (tertiary alicyclic amines) is 1. The van der Waals surface area contributed by atoms with Crippen LogP contribution in [0.2, 0.25) is 5.02 Å². The molecule has 2 heterocycles. The van der Waals surface area contributed by atoms with Crippen molar-refractivity contribution in [3.8, 4) is 0 Å². The molecule has 0 spiro atoms. The fourth-order valence-corrected chi connectivity index (χ4v) is 2.83. The first kappa shape index (κ1) is 14.4. The Morgan fingerprint density at radius 1 is 1.43 bits per heavy atom. The minimum Gasteiger partial charge on any atom is -0.343 e. The number of aromatic amines is 1. The molecule has 0 bridgehead atoms. The van der Waals surface area contributed by atoms with Crippen LogP contribution in [0, 0.1) is 0 Å². The summed E-state index contributed by atoms with van der Waals surface area (Å²) in [4.78, 5) is 21.2. The highest BCUT2D eigenvalue weighted by Gasteiger charge is 2.18. The summed E-state index contributed by atoms with van der Waals surface area (Å²) >= 11 is 5.95. The van der Waals surface area contributed by atoms with Crippen LogP contribution >= 0.6 is 11.6 Å². The summed E-state index contributed by atoms with van der Waals surface area (Å²) in [7, 11) is 0. The van der Waals surface area contributed by atoms with E-state index >= 15 is 0 Å². The van der Waals surface area contributed by atoms with Crippen molar-refractivity contribution in [2.24, 2.45) is 0 Å². The highest BCUT2D eigenvalue weighted by atomic mass is 35.5.